The second-order valence-electron chi connectivity index (χ2n) is 5.60. The summed E-state index contributed by atoms with van der Waals surface area (Å²) in [6.07, 6.45) is 2.87. The fraction of sp³-hybridized carbons (Fsp3) is 0.211. The second-order valence-corrected chi connectivity index (χ2v) is 6.52. The van der Waals surface area contributed by atoms with E-state index in [0.29, 0.717) is 22.5 Å². The minimum atomic E-state index is -0.610. The number of rotatable bonds is 6. The topological polar surface area (TPSA) is 76.2 Å². The maximum Gasteiger partial charge on any atom is 0.331 e. The summed E-state index contributed by atoms with van der Waals surface area (Å²) in [6, 6.07) is 7.42. The number of nitrogens with one attached hydrogen (secondary N) is 1. The van der Waals surface area contributed by atoms with Crippen LogP contribution in [0.15, 0.2) is 34.8 Å². The lowest BCUT2D eigenvalue weighted by Crippen LogP contribution is -2.14. The number of benzene rings is 1. The Balaban J connectivity index is 1.99. The van der Waals surface area contributed by atoms with E-state index in [1.807, 2.05) is 24.3 Å². The molecule has 6 heteroatoms. The number of aromatic amines is 1. The number of Topliss-reactive ketones (excluding diaryl/α,β-unsaturated/α-hetero) is 2. The molecule has 2 aromatic rings. The first-order valence-electron chi connectivity index (χ1n) is 7.63. The van der Waals surface area contributed by atoms with E-state index < -0.39 is 5.97 Å². The minimum absolute atomic E-state index is 0.112. The summed E-state index contributed by atoms with van der Waals surface area (Å²) in [5, 5.41) is 0. The lowest BCUT2D eigenvalue weighted by molar-refractivity contribution is -0.136. The van der Waals surface area contributed by atoms with Gasteiger partial charge >= 0.3 is 5.97 Å². The van der Waals surface area contributed by atoms with Crippen LogP contribution in [-0.4, -0.2) is 29.1 Å². The lowest BCUT2D eigenvalue weighted by Gasteiger charge is -2.02. The van der Waals surface area contributed by atoms with E-state index in [2.05, 4.69) is 20.9 Å². The first kappa shape index (κ1) is 18.9. The molecule has 130 valence electrons. The number of aromatic nitrogens is 1. The standard InChI is InChI=1S/C19H18BrNO4/c1-11-18(13(3)22)12(2)21-19(11)16(23)10-25-17(24)8-7-14-5-4-6-15(20)9-14/h4-9,21H,10H2,1-3H3. The van der Waals surface area contributed by atoms with Crippen LogP contribution in [0.3, 0.4) is 0 Å². The largest absolute Gasteiger partial charge is 0.454 e. The van der Waals surface area contributed by atoms with Crippen molar-refractivity contribution in [1.29, 1.82) is 0 Å². The van der Waals surface area contributed by atoms with Crippen LogP contribution >= 0.6 is 15.9 Å². The number of hydrogen-bond acceptors (Lipinski definition) is 4. The van der Waals surface area contributed by atoms with Crippen molar-refractivity contribution in [3.8, 4) is 0 Å². The van der Waals surface area contributed by atoms with Gasteiger partial charge < -0.3 is 9.72 Å². The molecule has 0 amide bonds. The van der Waals surface area contributed by atoms with Gasteiger partial charge in [-0.3, -0.25) is 9.59 Å². The molecule has 1 aromatic carbocycles. The van der Waals surface area contributed by atoms with Crippen LogP contribution in [0.2, 0.25) is 0 Å². The molecule has 0 saturated carbocycles. The number of esters is 1. The number of H-pyrrole nitrogens is 1. The molecule has 0 radical (unpaired) electrons. The van der Waals surface area contributed by atoms with Crippen LogP contribution in [0.5, 0.6) is 0 Å². The van der Waals surface area contributed by atoms with E-state index in [1.54, 1.807) is 19.9 Å². The maximum absolute atomic E-state index is 12.2. The van der Waals surface area contributed by atoms with E-state index in [-0.39, 0.29) is 18.2 Å². The van der Waals surface area contributed by atoms with Crippen molar-refractivity contribution in [3.63, 3.8) is 0 Å². The summed E-state index contributed by atoms with van der Waals surface area (Å²) in [5.41, 5.74) is 2.85. The molecular formula is C19H18BrNO4. The van der Waals surface area contributed by atoms with E-state index in [4.69, 9.17) is 4.74 Å². The fourth-order valence-electron chi connectivity index (χ4n) is 2.59. The van der Waals surface area contributed by atoms with Crippen LogP contribution in [-0.2, 0) is 9.53 Å². The van der Waals surface area contributed by atoms with Crippen LogP contribution in [0.1, 0.15) is 44.6 Å². The van der Waals surface area contributed by atoms with Crippen LogP contribution in [0, 0.1) is 13.8 Å². The van der Waals surface area contributed by atoms with E-state index >= 15 is 0 Å². The summed E-state index contributed by atoms with van der Waals surface area (Å²) in [7, 11) is 0. The number of carbonyl (C=O) groups excluding carboxylic acids is 3. The Kier molecular flexibility index (Phi) is 6.09. The highest BCUT2D eigenvalue weighted by atomic mass is 79.9. The van der Waals surface area contributed by atoms with Gasteiger partial charge in [-0.15, -0.1) is 0 Å². The molecule has 0 aliphatic rings. The van der Waals surface area contributed by atoms with Gasteiger partial charge in [0.1, 0.15) is 0 Å². The van der Waals surface area contributed by atoms with Gasteiger partial charge in [0.2, 0.25) is 5.78 Å². The maximum atomic E-state index is 12.2. The molecule has 1 aromatic heterocycles. The molecular weight excluding hydrogens is 386 g/mol. The molecule has 0 atom stereocenters. The third-order valence-electron chi connectivity index (χ3n) is 3.67. The highest BCUT2D eigenvalue weighted by molar-refractivity contribution is 9.10. The number of carbonyl (C=O) groups is 3. The van der Waals surface area contributed by atoms with Gasteiger partial charge in [0, 0.05) is 21.8 Å². The summed E-state index contributed by atoms with van der Waals surface area (Å²) >= 11 is 3.35. The van der Waals surface area contributed by atoms with Crippen molar-refractivity contribution >= 4 is 39.5 Å². The zero-order valence-corrected chi connectivity index (χ0v) is 15.8. The summed E-state index contributed by atoms with van der Waals surface area (Å²) in [5.74, 6) is -1.10. The molecule has 5 nitrogen and oxygen atoms in total. The normalized spacial score (nSPS) is 10.9. The minimum Gasteiger partial charge on any atom is -0.454 e. The lowest BCUT2D eigenvalue weighted by atomic mass is 10.1. The van der Waals surface area contributed by atoms with Crippen molar-refractivity contribution in [2.45, 2.75) is 20.8 Å². The third kappa shape index (κ3) is 4.76. The van der Waals surface area contributed by atoms with Gasteiger partial charge in [0.15, 0.2) is 12.4 Å². The third-order valence-corrected chi connectivity index (χ3v) is 4.17. The smallest absolute Gasteiger partial charge is 0.331 e. The Morgan fingerprint density at radius 3 is 2.56 bits per heavy atom. The number of ketones is 2. The zero-order valence-electron chi connectivity index (χ0n) is 14.2. The second kappa shape index (κ2) is 8.07. The molecule has 0 bridgehead atoms. The van der Waals surface area contributed by atoms with Crippen molar-refractivity contribution in [2.24, 2.45) is 0 Å². The van der Waals surface area contributed by atoms with E-state index in [0.717, 1.165) is 10.0 Å². The Bertz CT molecular complexity index is 864. The Labute approximate surface area is 154 Å². The van der Waals surface area contributed by atoms with Gasteiger partial charge in [-0.2, -0.15) is 0 Å². The molecule has 0 spiro atoms. The first-order valence-corrected chi connectivity index (χ1v) is 8.42. The van der Waals surface area contributed by atoms with Crippen LogP contribution in [0.4, 0.5) is 0 Å². The summed E-state index contributed by atoms with van der Waals surface area (Å²) in [6.45, 7) is 4.49. The molecule has 25 heavy (non-hydrogen) atoms. The van der Waals surface area contributed by atoms with Gasteiger partial charge in [0.25, 0.3) is 0 Å². The first-order chi connectivity index (χ1) is 11.8. The van der Waals surface area contributed by atoms with Crippen molar-refractivity contribution in [1.82, 2.24) is 4.98 Å². The van der Waals surface area contributed by atoms with Crippen LogP contribution in [0.25, 0.3) is 6.08 Å². The van der Waals surface area contributed by atoms with Crippen molar-refractivity contribution in [2.75, 3.05) is 6.61 Å². The monoisotopic (exact) mass is 403 g/mol. The number of halogens is 1. The van der Waals surface area contributed by atoms with E-state index in [9.17, 15) is 14.4 Å². The van der Waals surface area contributed by atoms with Crippen molar-refractivity contribution < 1.29 is 19.1 Å². The Morgan fingerprint density at radius 2 is 1.96 bits per heavy atom. The molecule has 0 aliphatic heterocycles. The SMILES string of the molecule is CC(=O)c1c(C)[nH]c(C(=O)COC(=O)C=Cc2cccc(Br)c2)c1C. The quantitative estimate of drug-likeness (QED) is 0.448. The summed E-state index contributed by atoms with van der Waals surface area (Å²) < 4.78 is 5.88. The van der Waals surface area contributed by atoms with Crippen LogP contribution < -0.4 is 0 Å². The van der Waals surface area contributed by atoms with Crippen molar-refractivity contribution in [3.05, 3.63) is 62.9 Å². The average Bonchev–Trinajstić information content (AvgIpc) is 2.85. The molecule has 1 N–H and O–H groups in total. The number of aryl methyl sites for hydroxylation is 1. The average molecular weight is 404 g/mol. The van der Waals surface area contributed by atoms with E-state index in [1.165, 1.54) is 13.0 Å². The predicted molar refractivity (Wildman–Crippen MR) is 98.7 cm³/mol. The summed E-state index contributed by atoms with van der Waals surface area (Å²) in [4.78, 5) is 38.5. The number of hydrogen-bond donors (Lipinski definition) is 1. The van der Waals surface area contributed by atoms with Gasteiger partial charge in [0.05, 0.1) is 5.69 Å². The molecule has 2 rings (SSSR count). The molecule has 1 heterocycles. The fourth-order valence-corrected chi connectivity index (χ4v) is 3.01. The predicted octanol–water partition coefficient (Wildman–Crippen LogP) is 4.04. The Morgan fingerprint density at radius 1 is 1.24 bits per heavy atom. The zero-order chi connectivity index (χ0) is 18.6. The highest BCUT2D eigenvalue weighted by Gasteiger charge is 2.20. The van der Waals surface area contributed by atoms with Gasteiger partial charge in [-0.25, -0.2) is 4.79 Å². The molecule has 0 unspecified atom stereocenters. The molecule has 0 saturated heterocycles. The van der Waals surface area contributed by atoms with Gasteiger partial charge in [-0.1, -0.05) is 28.1 Å². The molecule has 0 aliphatic carbocycles. The Hall–Kier alpha value is -2.47. The number of ether oxygens (including phenoxy) is 1. The highest BCUT2D eigenvalue weighted by Crippen LogP contribution is 2.19. The molecule has 0 fully saturated rings. The van der Waals surface area contributed by atoms with Gasteiger partial charge in [-0.05, 0) is 50.1 Å².